The van der Waals surface area contributed by atoms with Gasteiger partial charge in [0.1, 0.15) is 0 Å². The topological polar surface area (TPSA) is 26.3 Å². The summed E-state index contributed by atoms with van der Waals surface area (Å²) in [4.78, 5) is 10.3. The highest BCUT2D eigenvalue weighted by Crippen LogP contribution is 1.87. The first-order chi connectivity index (χ1) is 3.66. The molecule has 0 aliphatic carbocycles. The molecule has 8 heavy (non-hydrogen) atoms. The average molecular weight is 113 g/mol. The van der Waals surface area contributed by atoms with E-state index in [0.717, 1.165) is 0 Å². The van der Waals surface area contributed by atoms with E-state index in [2.05, 4.69) is 11.7 Å². The second-order valence-electron chi connectivity index (χ2n) is 1.51. The van der Waals surface area contributed by atoms with Crippen LogP contribution in [0.4, 0.5) is 0 Å². The van der Waals surface area contributed by atoms with Crippen LogP contribution in [0.1, 0.15) is 6.92 Å². The maximum Gasteiger partial charge on any atom is 0.330 e. The quantitative estimate of drug-likeness (QED) is 0.373. The van der Waals surface area contributed by atoms with Crippen molar-refractivity contribution in [1.29, 1.82) is 0 Å². The maximum atomic E-state index is 10.3. The fourth-order valence-electron chi connectivity index (χ4n) is 0.260. The molecule has 0 atom stereocenters. The van der Waals surface area contributed by atoms with Gasteiger partial charge in [0, 0.05) is 6.08 Å². The third-order valence-corrected chi connectivity index (χ3v) is 0.565. The van der Waals surface area contributed by atoms with Crippen LogP contribution < -0.4 is 0 Å². The van der Waals surface area contributed by atoms with E-state index in [9.17, 15) is 4.79 Å². The highest BCUT2D eigenvalue weighted by atomic mass is 16.5. The Morgan fingerprint density at radius 3 is 2.38 bits per heavy atom. The first-order valence-corrected chi connectivity index (χ1v) is 2.25. The van der Waals surface area contributed by atoms with Gasteiger partial charge in [-0.15, -0.1) is 0 Å². The molecule has 0 unspecified atom stereocenters. The van der Waals surface area contributed by atoms with Gasteiger partial charge in [0.15, 0.2) is 0 Å². The minimum atomic E-state index is -0.350. The number of methoxy groups -OCH3 is 1. The molecule has 0 fully saturated rings. The first-order valence-electron chi connectivity index (χ1n) is 2.25. The van der Waals surface area contributed by atoms with Gasteiger partial charge in [-0.2, -0.15) is 0 Å². The van der Waals surface area contributed by atoms with Crippen molar-refractivity contribution in [3.8, 4) is 0 Å². The molecule has 0 bridgehead atoms. The number of hydrogen-bond donors (Lipinski definition) is 0. The van der Waals surface area contributed by atoms with Gasteiger partial charge >= 0.3 is 5.97 Å². The summed E-state index contributed by atoms with van der Waals surface area (Å²) >= 11 is 0. The Hall–Kier alpha value is -0.790. The Morgan fingerprint density at radius 1 is 1.75 bits per heavy atom. The van der Waals surface area contributed by atoms with Gasteiger partial charge in [0.2, 0.25) is 0 Å². The van der Waals surface area contributed by atoms with E-state index in [0.29, 0.717) is 5.57 Å². The Bertz CT molecular complexity index is 110. The van der Waals surface area contributed by atoms with Crippen LogP contribution in [0.15, 0.2) is 11.6 Å². The second-order valence-corrected chi connectivity index (χ2v) is 1.51. The van der Waals surface area contributed by atoms with E-state index >= 15 is 0 Å². The third kappa shape index (κ3) is 3.40. The number of allylic oxidation sites excluding steroid dienone is 1. The van der Waals surface area contributed by atoms with E-state index in [-0.39, 0.29) is 5.97 Å². The van der Waals surface area contributed by atoms with E-state index in [4.69, 9.17) is 0 Å². The summed E-state index contributed by atoms with van der Waals surface area (Å²) < 4.78 is 4.31. The van der Waals surface area contributed by atoms with Gasteiger partial charge in [-0.1, -0.05) is 5.57 Å². The number of hydrogen-bond acceptors (Lipinski definition) is 2. The molecule has 0 N–H and O–H groups in total. The SMILES string of the molecule is [CH2]/C(C)=C/C(=O)OC. The van der Waals surface area contributed by atoms with Crippen molar-refractivity contribution >= 4 is 5.97 Å². The van der Waals surface area contributed by atoms with Crippen LogP contribution in [0.5, 0.6) is 0 Å². The standard InChI is InChI=1S/C6H9O2/c1-5(2)4-6(7)8-3/h4H,1H2,2-3H3/b5-4-. The summed E-state index contributed by atoms with van der Waals surface area (Å²) in [5.41, 5.74) is 0.705. The number of esters is 1. The molecule has 45 valence electrons. The van der Waals surface area contributed by atoms with E-state index in [1.807, 2.05) is 0 Å². The van der Waals surface area contributed by atoms with Crippen molar-refractivity contribution < 1.29 is 9.53 Å². The molecule has 0 saturated heterocycles. The van der Waals surface area contributed by atoms with Gasteiger partial charge in [0.25, 0.3) is 0 Å². The molecule has 2 nitrogen and oxygen atoms in total. The zero-order valence-electron chi connectivity index (χ0n) is 5.10. The fourth-order valence-corrected chi connectivity index (χ4v) is 0.260. The highest BCUT2D eigenvalue weighted by molar-refractivity contribution is 5.82. The smallest absolute Gasteiger partial charge is 0.330 e. The minimum absolute atomic E-state index is 0.350. The van der Waals surface area contributed by atoms with Crippen molar-refractivity contribution in [1.82, 2.24) is 0 Å². The summed E-state index contributed by atoms with van der Waals surface area (Å²) in [6.45, 7) is 5.22. The van der Waals surface area contributed by atoms with Crippen LogP contribution in [-0.2, 0) is 9.53 Å². The van der Waals surface area contributed by atoms with Crippen LogP contribution in [0, 0.1) is 6.92 Å². The lowest BCUT2D eigenvalue weighted by molar-refractivity contribution is -0.134. The summed E-state index contributed by atoms with van der Waals surface area (Å²) in [5.74, 6) is -0.350. The van der Waals surface area contributed by atoms with Gasteiger partial charge in [-0.25, -0.2) is 4.79 Å². The monoisotopic (exact) mass is 113 g/mol. The van der Waals surface area contributed by atoms with E-state index < -0.39 is 0 Å². The fraction of sp³-hybridized carbons (Fsp3) is 0.333. The molecule has 0 saturated carbocycles. The predicted molar refractivity (Wildman–Crippen MR) is 31.1 cm³/mol. The summed E-state index contributed by atoms with van der Waals surface area (Å²) in [6, 6.07) is 0. The van der Waals surface area contributed by atoms with Crippen LogP contribution in [-0.4, -0.2) is 13.1 Å². The Kier molecular flexibility index (Phi) is 2.92. The maximum absolute atomic E-state index is 10.3. The second kappa shape index (κ2) is 3.24. The zero-order chi connectivity index (χ0) is 6.57. The van der Waals surface area contributed by atoms with Crippen LogP contribution >= 0.6 is 0 Å². The lowest BCUT2D eigenvalue weighted by Crippen LogP contribution is -1.94. The molecule has 0 spiro atoms. The molecule has 1 radical (unpaired) electrons. The van der Waals surface area contributed by atoms with Crippen molar-refractivity contribution in [2.75, 3.05) is 7.11 Å². The molecular formula is C6H9O2. The molecule has 0 heterocycles. The molecule has 0 rings (SSSR count). The third-order valence-electron chi connectivity index (χ3n) is 0.565. The minimum Gasteiger partial charge on any atom is -0.466 e. The molecule has 2 heteroatoms. The molecule has 0 aromatic heterocycles. The Labute approximate surface area is 49.1 Å². The highest BCUT2D eigenvalue weighted by Gasteiger charge is 1.89. The van der Waals surface area contributed by atoms with Crippen molar-refractivity contribution in [2.45, 2.75) is 6.92 Å². The average Bonchev–Trinajstić information content (AvgIpc) is 1.65. The predicted octanol–water partition coefficient (Wildman–Crippen LogP) is 0.940. The van der Waals surface area contributed by atoms with Gasteiger partial charge < -0.3 is 4.74 Å². The molecule has 0 amide bonds. The molecule has 0 aromatic rings. The zero-order valence-corrected chi connectivity index (χ0v) is 5.10. The number of rotatable bonds is 1. The largest absolute Gasteiger partial charge is 0.466 e. The number of carbonyl (C=O) groups excluding carboxylic acids is 1. The van der Waals surface area contributed by atoms with E-state index in [1.54, 1.807) is 6.92 Å². The van der Waals surface area contributed by atoms with Gasteiger partial charge in [0.05, 0.1) is 7.11 Å². The lowest BCUT2D eigenvalue weighted by atomic mass is 10.3. The normalized spacial score (nSPS) is 11.1. The summed E-state index contributed by atoms with van der Waals surface area (Å²) in [5, 5.41) is 0. The molecule has 0 aliphatic rings. The number of ether oxygens (including phenoxy) is 1. The van der Waals surface area contributed by atoms with Crippen molar-refractivity contribution in [3.05, 3.63) is 18.6 Å². The summed E-state index contributed by atoms with van der Waals surface area (Å²) in [6.07, 6.45) is 1.33. The lowest BCUT2D eigenvalue weighted by Gasteiger charge is -1.88. The Balaban J connectivity index is 3.70. The van der Waals surface area contributed by atoms with Crippen molar-refractivity contribution in [2.24, 2.45) is 0 Å². The van der Waals surface area contributed by atoms with E-state index in [1.165, 1.54) is 13.2 Å². The van der Waals surface area contributed by atoms with Gasteiger partial charge in [-0.05, 0) is 13.8 Å². The molecular weight excluding hydrogens is 104 g/mol. The number of carbonyl (C=O) groups is 1. The summed E-state index contributed by atoms with van der Waals surface area (Å²) in [7, 11) is 1.34. The molecule has 0 aromatic carbocycles. The van der Waals surface area contributed by atoms with Crippen LogP contribution in [0.3, 0.4) is 0 Å². The van der Waals surface area contributed by atoms with Crippen LogP contribution in [0.2, 0.25) is 0 Å². The van der Waals surface area contributed by atoms with Crippen LogP contribution in [0.25, 0.3) is 0 Å². The molecule has 0 aliphatic heterocycles. The Morgan fingerprint density at radius 2 is 2.25 bits per heavy atom. The van der Waals surface area contributed by atoms with Crippen molar-refractivity contribution in [3.63, 3.8) is 0 Å². The first kappa shape index (κ1) is 7.21. The van der Waals surface area contributed by atoms with Gasteiger partial charge in [-0.3, -0.25) is 0 Å².